The number of carboxylic acids is 1. The molecule has 1 saturated heterocycles. The van der Waals surface area contributed by atoms with Crippen LogP contribution in [0, 0.1) is 5.92 Å². The number of carboxylic acid groups (broad SMARTS) is 1. The SMILES string of the molecule is C[C@@H](NC(=O)C1CCN(C2=NS(=O)(=O)c3ccccc32)CC1)C(=O)O. The van der Waals surface area contributed by atoms with Gasteiger partial charge in [0.05, 0.1) is 0 Å². The Kier molecular flexibility index (Phi) is 4.51. The van der Waals surface area contributed by atoms with Crippen molar-refractivity contribution in [2.45, 2.75) is 30.7 Å². The number of piperidine rings is 1. The molecule has 1 atom stereocenters. The van der Waals surface area contributed by atoms with Crippen molar-refractivity contribution < 1.29 is 23.1 Å². The molecular formula is C16H19N3O5S. The lowest BCUT2D eigenvalue weighted by Crippen LogP contribution is -2.46. The van der Waals surface area contributed by atoms with Crippen molar-refractivity contribution in [3.05, 3.63) is 29.8 Å². The third-order valence-corrected chi connectivity index (χ3v) is 5.83. The van der Waals surface area contributed by atoms with Gasteiger partial charge in [0, 0.05) is 24.6 Å². The Balaban J connectivity index is 1.68. The molecule has 2 aliphatic rings. The summed E-state index contributed by atoms with van der Waals surface area (Å²) in [6, 6.07) is 5.76. The maximum atomic E-state index is 12.1. The minimum Gasteiger partial charge on any atom is -0.480 e. The first-order valence-corrected chi connectivity index (χ1v) is 9.46. The number of carbonyl (C=O) groups is 2. The molecule has 2 N–H and O–H groups in total. The predicted molar refractivity (Wildman–Crippen MR) is 89.7 cm³/mol. The van der Waals surface area contributed by atoms with E-state index in [9.17, 15) is 18.0 Å². The highest BCUT2D eigenvalue weighted by Gasteiger charge is 2.34. The minimum absolute atomic E-state index is 0.208. The fourth-order valence-corrected chi connectivity index (χ4v) is 4.29. The number of nitrogens with zero attached hydrogens (tertiary/aromatic N) is 2. The summed E-state index contributed by atoms with van der Waals surface area (Å²) in [6.07, 6.45) is 1.03. The monoisotopic (exact) mass is 365 g/mol. The molecule has 134 valence electrons. The first kappa shape index (κ1) is 17.4. The summed E-state index contributed by atoms with van der Waals surface area (Å²) in [7, 11) is -3.66. The van der Waals surface area contributed by atoms with Crippen molar-refractivity contribution in [1.29, 1.82) is 0 Å². The van der Waals surface area contributed by atoms with Crippen LogP contribution in [-0.4, -0.2) is 55.3 Å². The van der Waals surface area contributed by atoms with E-state index in [1.807, 2.05) is 4.90 Å². The Morgan fingerprint density at radius 2 is 1.92 bits per heavy atom. The Morgan fingerprint density at radius 3 is 2.56 bits per heavy atom. The van der Waals surface area contributed by atoms with Crippen LogP contribution >= 0.6 is 0 Å². The van der Waals surface area contributed by atoms with E-state index in [1.54, 1.807) is 18.2 Å². The molecule has 0 saturated carbocycles. The van der Waals surface area contributed by atoms with Crippen molar-refractivity contribution >= 4 is 27.7 Å². The van der Waals surface area contributed by atoms with Crippen LogP contribution in [0.5, 0.6) is 0 Å². The third-order valence-electron chi connectivity index (χ3n) is 4.51. The van der Waals surface area contributed by atoms with Gasteiger partial charge in [0.25, 0.3) is 10.0 Å². The third kappa shape index (κ3) is 3.37. The molecule has 0 radical (unpaired) electrons. The smallest absolute Gasteiger partial charge is 0.325 e. The standard InChI is InChI=1S/C16H19N3O5S/c1-10(16(21)22)17-15(20)11-6-8-19(9-7-11)14-12-4-2-3-5-13(12)25(23,24)18-14/h2-5,10-11H,6-9H2,1H3,(H,17,20)(H,21,22)/t10-/m1/s1. The second-order valence-corrected chi connectivity index (χ2v) is 7.79. The van der Waals surface area contributed by atoms with Gasteiger partial charge in [-0.05, 0) is 31.9 Å². The van der Waals surface area contributed by atoms with E-state index >= 15 is 0 Å². The zero-order valence-electron chi connectivity index (χ0n) is 13.7. The fourth-order valence-electron chi connectivity index (χ4n) is 3.06. The molecule has 0 unspecified atom stereocenters. The molecule has 25 heavy (non-hydrogen) atoms. The number of carbonyl (C=O) groups excluding carboxylic acids is 1. The topological polar surface area (TPSA) is 116 Å². The molecule has 8 nitrogen and oxygen atoms in total. The van der Waals surface area contributed by atoms with Crippen molar-refractivity contribution in [3.63, 3.8) is 0 Å². The summed E-state index contributed by atoms with van der Waals surface area (Å²) < 4.78 is 28.1. The van der Waals surface area contributed by atoms with Gasteiger partial charge >= 0.3 is 5.97 Å². The van der Waals surface area contributed by atoms with Crippen LogP contribution in [0.1, 0.15) is 25.3 Å². The highest BCUT2D eigenvalue weighted by Crippen LogP contribution is 2.29. The Hall–Kier alpha value is -2.42. The number of hydrogen-bond acceptors (Lipinski definition) is 5. The van der Waals surface area contributed by atoms with Gasteiger partial charge in [0.15, 0.2) is 5.84 Å². The van der Waals surface area contributed by atoms with Gasteiger partial charge in [0.1, 0.15) is 10.9 Å². The van der Waals surface area contributed by atoms with Gasteiger partial charge in [-0.1, -0.05) is 12.1 Å². The van der Waals surface area contributed by atoms with Crippen LogP contribution in [0.15, 0.2) is 33.6 Å². The molecule has 9 heteroatoms. The fraction of sp³-hybridized carbons (Fsp3) is 0.438. The minimum atomic E-state index is -3.66. The van der Waals surface area contributed by atoms with E-state index < -0.39 is 22.0 Å². The Labute approximate surface area is 145 Å². The molecule has 0 bridgehead atoms. The average Bonchev–Trinajstić information content (AvgIpc) is 2.87. The van der Waals surface area contributed by atoms with Gasteiger partial charge in [0.2, 0.25) is 5.91 Å². The van der Waals surface area contributed by atoms with Crippen LogP contribution < -0.4 is 5.32 Å². The maximum Gasteiger partial charge on any atom is 0.325 e. The molecule has 3 rings (SSSR count). The molecule has 0 aliphatic carbocycles. The van der Waals surface area contributed by atoms with E-state index in [-0.39, 0.29) is 16.7 Å². The van der Waals surface area contributed by atoms with Gasteiger partial charge in [-0.2, -0.15) is 8.42 Å². The lowest BCUT2D eigenvalue weighted by Gasteiger charge is -2.32. The van der Waals surface area contributed by atoms with Crippen LogP contribution in [0.2, 0.25) is 0 Å². The van der Waals surface area contributed by atoms with Crippen molar-refractivity contribution in [3.8, 4) is 0 Å². The number of aliphatic carboxylic acids is 1. The number of nitrogens with one attached hydrogen (secondary N) is 1. The number of sulfonamides is 1. The van der Waals surface area contributed by atoms with E-state index in [1.165, 1.54) is 13.0 Å². The summed E-state index contributed by atoms with van der Waals surface area (Å²) in [5.74, 6) is -1.22. The summed E-state index contributed by atoms with van der Waals surface area (Å²) in [5, 5.41) is 11.3. The number of fused-ring (bicyclic) bond motifs is 1. The first-order chi connectivity index (χ1) is 11.8. The summed E-state index contributed by atoms with van der Waals surface area (Å²) in [5.41, 5.74) is 0.588. The molecular weight excluding hydrogens is 346 g/mol. The normalized spacial score (nSPS) is 20.5. The Morgan fingerprint density at radius 1 is 1.28 bits per heavy atom. The highest BCUT2D eigenvalue weighted by molar-refractivity contribution is 7.90. The van der Waals surface area contributed by atoms with Crippen LogP contribution in [0.4, 0.5) is 0 Å². The van der Waals surface area contributed by atoms with E-state index in [4.69, 9.17) is 5.11 Å². The largest absolute Gasteiger partial charge is 0.480 e. The first-order valence-electron chi connectivity index (χ1n) is 8.02. The van der Waals surface area contributed by atoms with Crippen LogP contribution in [-0.2, 0) is 19.6 Å². The zero-order valence-corrected chi connectivity index (χ0v) is 14.5. The van der Waals surface area contributed by atoms with Crippen molar-refractivity contribution in [2.75, 3.05) is 13.1 Å². The lowest BCUT2D eigenvalue weighted by molar-refractivity contribution is -0.142. The predicted octanol–water partition coefficient (Wildman–Crippen LogP) is 0.437. The number of likely N-dealkylation sites (tertiary alicyclic amines) is 1. The van der Waals surface area contributed by atoms with E-state index in [2.05, 4.69) is 9.71 Å². The average molecular weight is 365 g/mol. The highest BCUT2D eigenvalue weighted by atomic mass is 32.2. The van der Waals surface area contributed by atoms with E-state index in [0.29, 0.717) is 37.3 Å². The summed E-state index contributed by atoms with van der Waals surface area (Å²) in [4.78, 5) is 25.0. The molecule has 2 heterocycles. The lowest BCUT2D eigenvalue weighted by atomic mass is 9.95. The maximum absolute atomic E-state index is 12.1. The van der Waals surface area contributed by atoms with Crippen molar-refractivity contribution in [1.82, 2.24) is 10.2 Å². The van der Waals surface area contributed by atoms with Crippen LogP contribution in [0.25, 0.3) is 0 Å². The quantitative estimate of drug-likeness (QED) is 0.803. The molecule has 2 aliphatic heterocycles. The van der Waals surface area contributed by atoms with Gasteiger partial charge in [-0.3, -0.25) is 9.59 Å². The second kappa shape index (κ2) is 6.47. The second-order valence-electron chi connectivity index (χ2n) is 6.22. The van der Waals surface area contributed by atoms with Gasteiger partial charge < -0.3 is 15.3 Å². The number of amidine groups is 1. The summed E-state index contributed by atoms with van der Waals surface area (Å²) in [6.45, 7) is 2.40. The summed E-state index contributed by atoms with van der Waals surface area (Å²) >= 11 is 0. The number of amides is 1. The van der Waals surface area contributed by atoms with Crippen LogP contribution in [0.3, 0.4) is 0 Å². The number of rotatable bonds is 3. The van der Waals surface area contributed by atoms with Gasteiger partial charge in [-0.15, -0.1) is 4.40 Å². The zero-order chi connectivity index (χ0) is 18.2. The van der Waals surface area contributed by atoms with E-state index in [0.717, 1.165) is 0 Å². The number of hydrogen-bond donors (Lipinski definition) is 2. The molecule has 0 aromatic heterocycles. The molecule has 1 aromatic rings. The van der Waals surface area contributed by atoms with Crippen molar-refractivity contribution in [2.24, 2.45) is 10.3 Å². The molecule has 1 fully saturated rings. The molecule has 1 amide bonds. The molecule has 1 aromatic carbocycles. The molecule has 0 spiro atoms. The Bertz CT molecular complexity index is 841. The number of benzene rings is 1. The van der Waals surface area contributed by atoms with Gasteiger partial charge in [-0.25, -0.2) is 0 Å².